The Morgan fingerprint density at radius 1 is 1.00 bits per heavy atom. The number of benzene rings is 2. The fourth-order valence-corrected chi connectivity index (χ4v) is 3.10. The highest BCUT2D eigenvalue weighted by molar-refractivity contribution is 6.30. The Labute approximate surface area is 181 Å². The van der Waals surface area contributed by atoms with Crippen molar-refractivity contribution >= 4 is 35.0 Å². The number of ether oxygens (including phenoxy) is 1. The van der Waals surface area contributed by atoms with Gasteiger partial charge in [-0.3, -0.25) is 9.59 Å². The molecule has 1 N–H and O–H groups in total. The summed E-state index contributed by atoms with van der Waals surface area (Å²) >= 11 is 11.8. The predicted molar refractivity (Wildman–Crippen MR) is 116 cm³/mol. The van der Waals surface area contributed by atoms with Crippen molar-refractivity contribution in [3.8, 4) is 5.75 Å². The van der Waals surface area contributed by atoms with Gasteiger partial charge < -0.3 is 15.0 Å². The van der Waals surface area contributed by atoms with Crippen molar-refractivity contribution in [3.05, 3.63) is 64.1 Å². The number of halogens is 2. The third-order valence-corrected chi connectivity index (χ3v) is 4.76. The minimum atomic E-state index is -0.602. The van der Waals surface area contributed by atoms with Gasteiger partial charge in [-0.05, 0) is 62.2 Å². The van der Waals surface area contributed by atoms with Gasteiger partial charge in [0, 0.05) is 22.6 Å². The van der Waals surface area contributed by atoms with E-state index in [0.29, 0.717) is 22.2 Å². The van der Waals surface area contributed by atoms with E-state index < -0.39 is 6.04 Å². The molecule has 29 heavy (non-hydrogen) atoms. The van der Waals surface area contributed by atoms with Gasteiger partial charge in [-0.1, -0.05) is 42.3 Å². The molecule has 0 saturated heterocycles. The number of rotatable bonds is 9. The van der Waals surface area contributed by atoms with Crippen LogP contribution in [0.5, 0.6) is 5.75 Å². The standard InChI is InChI=1S/C22H26Cl2N2O3/c1-4-20(22(28)25-15(2)3)26(13-16-5-7-17(23)8-6-16)21(27)14-29-19-11-9-18(24)10-12-19/h5-12,15,20H,4,13-14H2,1-3H3,(H,25,28)/t20-/m1/s1. The fraction of sp³-hybridized carbons (Fsp3) is 0.364. The first-order chi connectivity index (χ1) is 13.8. The fourth-order valence-electron chi connectivity index (χ4n) is 2.85. The Morgan fingerprint density at radius 2 is 1.55 bits per heavy atom. The van der Waals surface area contributed by atoms with Gasteiger partial charge in [0.15, 0.2) is 6.61 Å². The molecule has 0 spiro atoms. The molecule has 0 aliphatic rings. The number of hydrogen-bond acceptors (Lipinski definition) is 3. The van der Waals surface area contributed by atoms with E-state index in [1.807, 2.05) is 32.9 Å². The lowest BCUT2D eigenvalue weighted by Crippen LogP contribution is -2.51. The average Bonchev–Trinajstić information content (AvgIpc) is 2.68. The molecule has 0 aromatic heterocycles. The lowest BCUT2D eigenvalue weighted by Gasteiger charge is -2.31. The number of amides is 2. The van der Waals surface area contributed by atoms with E-state index in [2.05, 4.69) is 5.32 Å². The number of nitrogens with zero attached hydrogens (tertiary/aromatic N) is 1. The zero-order valence-electron chi connectivity index (χ0n) is 16.8. The van der Waals surface area contributed by atoms with Crippen LogP contribution in [-0.2, 0) is 16.1 Å². The van der Waals surface area contributed by atoms with Crippen molar-refractivity contribution in [2.75, 3.05) is 6.61 Å². The summed E-state index contributed by atoms with van der Waals surface area (Å²) in [5, 5.41) is 4.10. The summed E-state index contributed by atoms with van der Waals surface area (Å²) in [6.07, 6.45) is 0.485. The van der Waals surface area contributed by atoms with Gasteiger partial charge in [-0.25, -0.2) is 0 Å². The quantitative estimate of drug-likeness (QED) is 0.619. The van der Waals surface area contributed by atoms with Crippen molar-refractivity contribution in [2.24, 2.45) is 0 Å². The second-order valence-electron chi connectivity index (χ2n) is 6.98. The molecule has 0 bridgehead atoms. The maximum atomic E-state index is 13.0. The molecule has 0 aliphatic heterocycles. The normalized spacial score (nSPS) is 11.8. The third kappa shape index (κ3) is 7.26. The van der Waals surface area contributed by atoms with Crippen molar-refractivity contribution in [3.63, 3.8) is 0 Å². The smallest absolute Gasteiger partial charge is 0.261 e. The Balaban J connectivity index is 2.18. The highest BCUT2D eigenvalue weighted by Crippen LogP contribution is 2.18. The molecule has 0 fully saturated rings. The molecule has 2 aromatic rings. The second kappa shape index (κ2) is 11.1. The van der Waals surface area contributed by atoms with Gasteiger partial charge in [-0.15, -0.1) is 0 Å². The van der Waals surface area contributed by atoms with Gasteiger partial charge in [0.25, 0.3) is 5.91 Å². The van der Waals surface area contributed by atoms with E-state index in [-0.39, 0.29) is 31.0 Å². The molecule has 0 saturated carbocycles. The zero-order valence-corrected chi connectivity index (χ0v) is 18.3. The number of carbonyl (C=O) groups excluding carboxylic acids is 2. The van der Waals surface area contributed by atoms with E-state index in [1.165, 1.54) is 0 Å². The molecule has 0 heterocycles. The van der Waals surface area contributed by atoms with E-state index in [9.17, 15) is 9.59 Å². The Bertz CT molecular complexity index is 808. The maximum Gasteiger partial charge on any atom is 0.261 e. The minimum absolute atomic E-state index is 0.0191. The van der Waals surface area contributed by atoms with E-state index in [0.717, 1.165) is 5.56 Å². The highest BCUT2D eigenvalue weighted by Gasteiger charge is 2.29. The molecular weight excluding hydrogens is 411 g/mol. The van der Waals surface area contributed by atoms with Crippen molar-refractivity contribution < 1.29 is 14.3 Å². The highest BCUT2D eigenvalue weighted by atomic mass is 35.5. The van der Waals surface area contributed by atoms with Crippen LogP contribution in [0, 0.1) is 0 Å². The molecule has 0 unspecified atom stereocenters. The summed E-state index contributed by atoms with van der Waals surface area (Å²) in [6, 6.07) is 13.4. The van der Waals surface area contributed by atoms with Crippen LogP contribution in [0.2, 0.25) is 10.0 Å². The van der Waals surface area contributed by atoms with Crippen LogP contribution >= 0.6 is 23.2 Å². The van der Waals surface area contributed by atoms with E-state index in [4.69, 9.17) is 27.9 Å². The summed E-state index contributed by atoms with van der Waals surface area (Å²) < 4.78 is 5.61. The van der Waals surface area contributed by atoms with Gasteiger partial charge >= 0.3 is 0 Å². The Hall–Kier alpha value is -2.24. The van der Waals surface area contributed by atoms with Crippen LogP contribution in [0.3, 0.4) is 0 Å². The monoisotopic (exact) mass is 436 g/mol. The van der Waals surface area contributed by atoms with Crippen LogP contribution in [0.25, 0.3) is 0 Å². The molecule has 0 aliphatic carbocycles. The molecule has 5 nitrogen and oxygen atoms in total. The number of nitrogens with one attached hydrogen (secondary N) is 1. The average molecular weight is 437 g/mol. The summed E-state index contributed by atoms with van der Waals surface area (Å²) in [6.45, 7) is 5.76. The molecule has 2 amide bonds. The van der Waals surface area contributed by atoms with Crippen LogP contribution < -0.4 is 10.1 Å². The third-order valence-electron chi connectivity index (χ3n) is 4.26. The number of carbonyl (C=O) groups is 2. The summed E-state index contributed by atoms with van der Waals surface area (Å²) in [5.74, 6) is 0.0748. The van der Waals surface area contributed by atoms with Gasteiger partial charge in [0.1, 0.15) is 11.8 Å². The molecule has 1 atom stereocenters. The zero-order chi connectivity index (χ0) is 21.4. The van der Waals surface area contributed by atoms with Crippen LogP contribution in [-0.4, -0.2) is 35.4 Å². The Morgan fingerprint density at radius 3 is 2.07 bits per heavy atom. The molecule has 7 heteroatoms. The van der Waals surface area contributed by atoms with Crippen LogP contribution in [0.15, 0.2) is 48.5 Å². The minimum Gasteiger partial charge on any atom is -0.484 e. The molecule has 2 rings (SSSR count). The summed E-state index contributed by atoms with van der Waals surface area (Å²) in [7, 11) is 0. The van der Waals surface area contributed by atoms with Crippen LogP contribution in [0.4, 0.5) is 0 Å². The van der Waals surface area contributed by atoms with Crippen molar-refractivity contribution in [1.29, 1.82) is 0 Å². The van der Waals surface area contributed by atoms with Crippen molar-refractivity contribution in [2.45, 2.75) is 45.8 Å². The Kier molecular flexibility index (Phi) is 8.80. The lowest BCUT2D eigenvalue weighted by atomic mass is 10.1. The van der Waals surface area contributed by atoms with Gasteiger partial charge in [-0.2, -0.15) is 0 Å². The summed E-state index contributed by atoms with van der Waals surface area (Å²) in [5.41, 5.74) is 0.880. The first kappa shape index (κ1) is 23.0. The lowest BCUT2D eigenvalue weighted by molar-refractivity contribution is -0.143. The maximum absolute atomic E-state index is 13.0. The molecule has 2 aromatic carbocycles. The molecule has 0 radical (unpaired) electrons. The largest absolute Gasteiger partial charge is 0.484 e. The first-order valence-corrected chi connectivity index (χ1v) is 10.3. The number of hydrogen-bond donors (Lipinski definition) is 1. The van der Waals surface area contributed by atoms with Gasteiger partial charge in [0.05, 0.1) is 0 Å². The topological polar surface area (TPSA) is 58.6 Å². The summed E-state index contributed by atoms with van der Waals surface area (Å²) in [4.78, 5) is 27.3. The molecule has 156 valence electrons. The predicted octanol–water partition coefficient (Wildman–Crippen LogP) is 4.70. The van der Waals surface area contributed by atoms with E-state index in [1.54, 1.807) is 41.3 Å². The van der Waals surface area contributed by atoms with Gasteiger partial charge in [0.2, 0.25) is 5.91 Å². The first-order valence-electron chi connectivity index (χ1n) is 9.52. The van der Waals surface area contributed by atoms with E-state index >= 15 is 0 Å². The second-order valence-corrected chi connectivity index (χ2v) is 7.85. The SMILES string of the molecule is CC[C@H](C(=O)NC(C)C)N(Cc1ccc(Cl)cc1)C(=O)COc1ccc(Cl)cc1. The van der Waals surface area contributed by atoms with Crippen molar-refractivity contribution in [1.82, 2.24) is 10.2 Å². The van der Waals surface area contributed by atoms with Crippen LogP contribution in [0.1, 0.15) is 32.8 Å². The molecular formula is C22H26Cl2N2O3.